The summed E-state index contributed by atoms with van der Waals surface area (Å²) < 4.78 is 4.49. The summed E-state index contributed by atoms with van der Waals surface area (Å²) in [6.45, 7) is 3.04. The van der Waals surface area contributed by atoms with Crippen LogP contribution < -0.4 is 5.32 Å². The van der Waals surface area contributed by atoms with Crippen LogP contribution in [0.15, 0.2) is 0 Å². The number of amides is 2. The number of methoxy groups -OCH3 is 1. The number of halogens is 1. The van der Waals surface area contributed by atoms with Crippen molar-refractivity contribution in [2.75, 3.05) is 20.2 Å². The maximum absolute atomic E-state index is 11.6. The highest BCUT2D eigenvalue weighted by Crippen LogP contribution is 2.13. The summed E-state index contributed by atoms with van der Waals surface area (Å²) in [6, 6.07) is 0.00708. The second kappa shape index (κ2) is 5.34. The lowest BCUT2D eigenvalue weighted by Gasteiger charge is -2.18. The topological polar surface area (TPSA) is 58.6 Å². The van der Waals surface area contributed by atoms with Crippen LogP contribution in [0.1, 0.15) is 13.3 Å². The molecule has 1 saturated heterocycles. The molecular formula is C9H15BrN2O3. The van der Waals surface area contributed by atoms with Gasteiger partial charge in [0.05, 0.1) is 18.0 Å². The van der Waals surface area contributed by atoms with Crippen molar-refractivity contribution in [3.05, 3.63) is 0 Å². The Bertz CT molecular complexity index is 258. The molecule has 1 fully saturated rings. The van der Waals surface area contributed by atoms with Crippen molar-refractivity contribution < 1.29 is 14.3 Å². The van der Waals surface area contributed by atoms with E-state index in [-0.39, 0.29) is 16.8 Å². The number of carbonyl (C=O) groups is 2. The molecular weight excluding hydrogens is 264 g/mol. The molecule has 1 N–H and O–H groups in total. The molecule has 2 amide bonds. The van der Waals surface area contributed by atoms with Crippen molar-refractivity contribution in [3.63, 3.8) is 0 Å². The molecule has 0 aromatic rings. The van der Waals surface area contributed by atoms with E-state index in [0.717, 1.165) is 6.42 Å². The first-order chi connectivity index (χ1) is 7.04. The SMILES string of the molecule is COC(=O)NC1CCN(C(=O)C(C)Br)C1. The van der Waals surface area contributed by atoms with Crippen molar-refractivity contribution in [1.82, 2.24) is 10.2 Å². The van der Waals surface area contributed by atoms with E-state index in [0.29, 0.717) is 13.1 Å². The Labute approximate surface area is 97.3 Å². The zero-order valence-electron chi connectivity index (χ0n) is 8.83. The maximum Gasteiger partial charge on any atom is 0.407 e. The van der Waals surface area contributed by atoms with Crippen LogP contribution in [-0.2, 0) is 9.53 Å². The van der Waals surface area contributed by atoms with Gasteiger partial charge in [0.25, 0.3) is 0 Å². The normalized spacial score (nSPS) is 22.3. The highest BCUT2D eigenvalue weighted by atomic mass is 79.9. The molecule has 1 rings (SSSR count). The van der Waals surface area contributed by atoms with Crippen LogP contribution in [0.4, 0.5) is 4.79 Å². The minimum absolute atomic E-state index is 0.00708. The van der Waals surface area contributed by atoms with E-state index < -0.39 is 6.09 Å². The number of ether oxygens (including phenoxy) is 1. The summed E-state index contributed by atoms with van der Waals surface area (Å²) >= 11 is 3.23. The Hall–Kier alpha value is -0.780. The fourth-order valence-electron chi connectivity index (χ4n) is 1.56. The van der Waals surface area contributed by atoms with Crippen LogP contribution in [-0.4, -0.2) is 48.0 Å². The van der Waals surface area contributed by atoms with Gasteiger partial charge in [-0.2, -0.15) is 0 Å². The number of rotatable bonds is 2. The van der Waals surface area contributed by atoms with Crippen molar-refractivity contribution in [2.24, 2.45) is 0 Å². The third kappa shape index (κ3) is 3.37. The molecule has 2 unspecified atom stereocenters. The smallest absolute Gasteiger partial charge is 0.407 e. The molecule has 0 aromatic carbocycles. The van der Waals surface area contributed by atoms with Gasteiger partial charge in [0, 0.05) is 13.1 Å². The van der Waals surface area contributed by atoms with Crippen LogP contribution in [0.25, 0.3) is 0 Å². The lowest BCUT2D eigenvalue weighted by atomic mass is 10.3. The second-order valence-electron chi connectivity index (χ2n) is 3.52. The molecule has 15 heavy (non-hydrogen) atoms. The number of alkyl carbamates (subject to hydrolysis) is 1. The van der Waals surface area contributed by atoms with Gasteiger partial charge in [-0.15, -0.1) is 0 Å². The van der Waals surface area contributed by atoms with E-state index in [4.69, 9.17) is 0 Å². The van der Waals surface area contributed by atoms with Crippen LogP contribution in [0.5, 0.6) is 0 Å². The summed E-state index contributed by atoms with van der Waals surface area (Å²) in [7, 11) is 1.33. The number of hydrogen-bond acceptors (Lipinski definition) is 3. The van der Waals surface area contributed by atoms with E-state index in [2.05, 4.69) is 26.0 Å². The van der Waals surface area contributed by atoms with Crippen molar-refractivity contribution in [1.29, 1.82) is 0 Å². The van der Waals surface area contributed by atoms with Crippen LogP contribution >= 0.6 is 15.9 Å². The molecule has 0 radical (unpaired) electrons. The number of nitrogens with zero attached hydrogens (tertiary/aromatic N) is 1. The van der Waals surface area contributed by atoms with Gasteiger partial charge in [-0.25, -0.2) is 4.79 Å². The Kier molecular flexibility index (Phi) is 4.38. The zero-order valence-corrected chi connectivity index (χ0v) is 10.4. The number of hydrogen-bond donors (Lipinski definition) is 1. The largest absolute Gasteiger partial charge is 0.453 e. The van der Waals surface area contributed by atoms with E-state index in [1.54, 1.807) is 11.8 Å². The molecule has 1 heterocycles. The van der Waals surface area contributed by atoms with Gasteiger partial charge in [0.2, 0.25) is 5.91 Å². The van der Waals surface area contributed by atoms with Crippen molar-refractivity contribution >= 4 is 27.9 Å². The number of nitrogens with one attached hydrogen (secondary N) is 1. The van der Waals surface area contributed by atoms with Crippen LogP contribution in [0, 0.1) is 0 Å². The predicted molar refractivity (Wildman–Crippen MR) is 58.9 cm³/mol. The standard InChI is InChI=1S/C9H15BrN2O3/c1-6(10)8(13)12-4-3-7(5-12)11-9(14)15-2/h6-7H,3-5H2,1-2H3,(H,11,14). The maximum atomic E-state index is 11.6. The van der Waals surface area contributed by atoms with Gasteiger partial charge < -0.3 is 15.0 Å². The second-order valence-corrected chi connectivity index (χ2v) is 4.90. The molecule has 86 valence electrons. The molecule has 0 spiro atoms. The molecule has 5 nitrogen and oxygen atoms in total. The quantitative estimate of drug-likeness (QED) is 0.758. The number of carbonyl (C=O) groups excluding carboxylic acids is 2. The van der Waals surface area contributed by atoms with Gasteiger partial charge >= 0.3 is 6.09 Å². The predicted octanol–water partition coefficient (Wildman–Crippen LogP) is 0.727. The number of likely N-dealkylation sites (tertiary alicyclic amines) is 1. The van der Waals surface area contributed by atoms with E-state index in [1.807, 2.05) is 0 Å². The first kappa shape index (κ1) is 12.3. The Balaban J connectivity index is 2.39. The van der Waals surface area contributed by atoms with Crippen molar-refractivity contribution in [3.8, 4) is 0 Å². The third-order valence-electron chi connectivity index (χ3n) is 2.35. The third-order valence-corrected chi connectivity index (χ3v) is 2.74. The molecule has 1 aliphatic heterocycles. The summed E-state index contributed by atoms with van der Waals surface area (Å²) in [4.78, 5) is 24.1. The highest BCUT2D eigenvalue weighted by Gasteiger charge is 2.28. The van der Waals surface area contributed by atoms with Gasteiger partial charge in [-0.3, -0.25) is 4.79 Å². The number of alkyl halides is 1. The summed E-state index contributed by atoms with van der Waals surface area (Å²) in [6.07, 6.45) is 0.335. The van der Waals surface area contributed by atoms with E-state index in [1.165, 1.54) is 7.11 Å². The Morgan fingerprint density at radius 3 is 2.80 bits per heavy atom. The molecule has 2 atom stereocenters. The molecule has 1 aliphatic rings. The molecule has 0 aliphatic carbocycles. The van der Waals surface area contributed by atoms with Gasteiger partial charge in [-0.1, -0.05) is 15.9 Å². The summed E-state index contributed by atoms with van der Waals surface area (Å²) in [5, 5.41) is 2.68. The molecule has 0 aromatic heterocycles. The van der Waals surface area contributed by atoms with Crippen LogP contribution in [0.3, 0.4) is 0 Å². The monoisotopic (exact) mass is 278 g/mol. The highest BCUT2D eigenvalue weighted by molar-refractivity contribution is 9.10. The van der Waals surface area contributed by atoms with Crippen molar-refractivity contribution in [2.45, 2.75) is 24.2 Å². The van der Waals surface area contributed by atoms with Gasteiger partial charge in [-0.05, 0) is 13.3 Å². The van der Waals surface area contributed by atoms with Gasteiger partial charge in [0.15, 0.2) is 0 Å². The molecule has 0 bridgehead atoms. The van der Waals surface area contributed by atoms with E-state index in [9.17, 15) is 9.59 Å². The summed E-state index contributed by atoms with van der Waals surface area (Å²) in [5.41, 5.74) is 0. The average molecular weight is 279 g/mol. The first-order valence-corrected chi connectivity index (χ1v) is 5.73. The minimum Gasteiger partial charge on any atom is -0.453 e. The zero-order chi connectivity index (χ0) is 11.4. The molecule has 0 saturated carbocycles. The Morgan fingerprint density at radius 2 is 2.27 bits per heavy atom. The fraction of sp³-hybridized carbons (Fsp3) is 0.778. The summed E-state index contributed by atoms with van der Waals surface area (Å²) in [5.74, 6) is 0.0594. The van der Waals surface area contributed by atoms with E-state index >= 15 is 0 Å². The van der Waals surface area contributed by atoms with Crippen LogP contribution in [0.2, 0.25) is 0 Å². The lowest BCUT2D eigenvalue weighted by Crippen LogP contribution is -2.39. The minimum atomic E-state index is -0.443. The lowest BCUT2D eigenvalue weighted by molar-refractivity contribution is -0.129. The first-order valence-electron chi connectivity index (χ1n) is 4.82. The molecule has 6 heteroatoms. The van der Waals surface area contributed by atoms with Gasteiger partial charge in [0.1, 0.15) is 0 Å². The Morgan fingerprint density at radius 1 is 1.60 bits per heavy atom. The average Bonchev–Trinajstić information content (AvgIpc) is 2.64. The fourth-order valence-corrected chi connectivity index (χ4v) is 1.84.